The number of aryl methyl sites for hydroxylation is 2. The van der Waals surface area contributed by atoms with Gasteiger partial charge in [-0.1, -0.05) is 13.0 Å². The maximum atomic E-state index is 14.1. The number of nitrogens with zero attached hydrogens (tertiary/aromatic N) is 3. The fourth-order valence-electron chi connectivity index (χ4n) is 3.52. The van der Waals surface area contributed by atoms with Gasteiger partial charge in [-0.05, 0) is 49.4 Å². The third-order valence-electron chi connectivity index (χ3n) is 4.77. The number of halogens is 2. The van der Waals surface area contributed by atoms with Crippen molar-refractivity contribution in [2.45, 2.75) is 44.9 Å². The second-order valence-electron chi connectivity index (χ2n) is 6.59. The molecule has 2 heterocycles. The zero-order valence-electron chi connectivity index (χ0n) is 14.5. The van der Waals surface area contributed by atoms with Crippen LogP contribution in [0.1, 0.15) is 55.0 Å². The molecule has 0 N–H and O–H groups in total. The van der Waals surface area contributed by atoms with Crippen LogP contribution in [0.4, 0.5) is 8.78 Å². The molecule has 0 aliphatic heterocycles. The number of benzene rings is 1. The van der Waals surface area contributed by atoms with E-state index in [-0.39, 0.29) is 17.2 Å². The van der Waals surface area contributed by atoms with Crippen LogP contribution in [0.15, 0.2) is 34.9 Å². The minimum atomic E-state index is -0.633. The maximum Gasteiger partial charge on any atom is 0.194 e. The molecule has 6 heteroatoms. The van der Waals surface area contributed by atoms with Gasteiger partial charge in [0.25, 0.3) is 0 Å². The quantitative estimate of drug-likeness (QED) is 0.673. The van der Waals surface area contributed by atoms with Gasteiger partial charge < -0.3 is 4.42 Å². The number of fused-ring (bicyclic) bond motifs is 1. The lowest BCUT2D eigenvalue weighted by Crippen LogP contribution is -2.14. The first-order chi connectivity index (χ1) is 12.7. The van der Waals surface area contributed by atoms with Crippen molar-refractivity contribution in [3.8, 4) is 11.3 Å². The predicted octanol–water partition coefficient (Wildman–Crippen LogP) is 4.83. The normalized spacial score (nSPS) is 16.5. The Morgan fingerprint density at radius 2 is 2.00 bits per heavy atom. The average molecular weight is 355 g/mol. The predicted molar refractivity (Wildman–Crippen MR) is 92.7 cm³/mol. The molecule has 1 unspecified atom stereocenters. The third-order valence-corrected chi connectivity index (χ3v) is 4.77. The Bertz CT molecular complexity index is 918. The van der Waals surface area contributed by atoms with Gasteiger partial charge in [-0.2, -0.15) is 5.10 Å². The van der Waals surface area contributed by atoms with Crippen molar-refractivity contribution in [1.29, 1.82) is 0 Å². The topological polar surface area (TPSA) is 51.8 Å². The Labute approximate surface area is 150 Å². The molecule has 3 aromatic rings. The molecule has 0 saturated heterocycles. The van der Waals surface area contributed by atoms with Gasteiger partial charge in [-0.3, -0.25) is 0 Å². The van der Waals surface area contributed by atoms with Gasteiger partial charge in [-0.15, -0.1) is 5.10 Å². The van der Waals surface area contributed by atoms with Crippen LogP contribution in [0.25, 0.3) is 11.3 Å². The first kappa shape index (κ1) is 16.8. The summed E-state index contributed by atoms with van der Waals surface area (Å²) in [5, 5.41) is 8.43. The highest BCUT2D eigenvalue weighted by Crippen LogP contribution is 2.37. The van der Waals surface area contributed by atoms with Gasteiger partial charge in [0.05, 0.1) is 29.1 Å². The summed E-state index contributed by atoms with van der Waals surface area (Å²) in [6, 6.07) is 5.55. The van der Waals surface area contributed by atoms with E-state index >= 15 is 0 Å². The molecule has 4 rings (SSSR count). The molecule has 1 aromatic carbocycles. The van der Waals surface area contributed by atoms with Gasteiger partial charge >= 0.3 is 0 Å². The molecule has 0 amide bonds. The van der Waals surface area contributed by atoms with Crippen molar-refractivity contribution < 1.29 is 13.2 Å². The van der Waals surface area contributed by atoms with E-state index in [1.807, 2.05) is 0 Å². The van der Waals surface area contributed by atoms with E-state index < -0.39 is 11.6 Å². The molecule has 1 atom stereocenters. The third kappa shape index (κ3) is 3.00. The Morgan fingerprint density at radius 3 is 2.77 bits per heavy atom. The summed E-state index contributed by atoms with van der Waals surface area (Å²) in [6.07, 6.45) is 6.19. The number of oxazole rings is 1. The summed E-state index contributed by atoms with van der Waals surface area (Å²) in [4.78, 5) is 4.33. The van der Waals surface area contributed by atoms with Crippen molar-refractivity contribution in [2.24, 2.45) is 0 Å². The summed E-state index contributed by atoms with van der Waals surface area (Å²) < 4.78 is 34.0. The molecule has 2 aromatic heterocycles. The van der Waals surface area contributed by atoms with Crippen molar-refractivity contribution >= 4 is 0 Å². The summed E-state index contributed by atoms with van der Waals surface area (Å²) >= 11 is 0. The molecule has 0 radical (unpaired) electrons. The fraction of sp³-hybridized carbons (Fsp3) is 0.350. The lowest BCUT2D eigenvalue weighted by molar-refractivity contribution is 0.414. The van der Waals surface area contributed by atoms with Gasteiger partial charge in [0, 0.05) is 6.42 Å². The fourth-order valence-corrected chi connectivity index (χ4v) is 3.52. The molecular formula is C20H19F2N3O. The number of aromatic nitrogens is 3. The van der Waals surface area contributed by atoms with E-state index in [0.717, 1.165) is 55.0 Å². The summed E-state index contributed by atoms with van der Waals surface area (Å²) in [5.74, 6) is 0.238. The minimum absolute atomic E-state index is 0.0103. The van der Waals surface area contributed by atoms with Crippen molar-refractivity contribution in [1.82, 2.24) is 15.2 Å². The highest BCUT2D eigenvalue weighted by atomic mass is 19.1. The zero-order valence-corrected chi connectivity index (χ0v) is 14.5. The van der Waals surface area contributed by atoms with Crippen molar-refractivity contribution in [2.75, 3.05) is 0 Å². The van der Waals surface area contributed by atoms with Gasteiger partial charge in [0.1, 0.15) is 17.4 Å². The van der Waals surface area contributed by atoms with Crippen LogP contribution < -0.4 is 0 Å². The van der Waals surface area contributed by atoms with E-state index in [0.29, 0.717) is 0 Å². The Hall–Kier alpha value is -2.63. The molecule has 0 fully saturated rings. The van der Waals surface area contributed by atoms with Gasteiger partial charge in [-0.25, -0.2) is 13.8 Å². The first-order valence-corrected chi connectivity index (χ1v) is 8.93. The smallest absolute Gasteiger partial charge is 0.194 e. The van der Waals surface area contributed by atoms with Crippen molar-refractivity contribution in [3.63, 3.8) is 0 Å². The lowest BCUT2D eigenvalue weighted by atomic mass is 9.85. The van der Waals surface area contributed by atoms with Crippen LogP contribution in [0, 0.1) is 11.6 Å². The van der Waals surface area contributed by atoms with Gasteiger partial charge in [0.2, 0.25) is 0 Å². The summed E-state index contributed by atoms with van der Waals surface area (Å²) in [6.45, 7) is 2.08. The highest BCUT2D eigenvalue weighted by molar-refractivity contribution is 5.61. The molecule has 1 aliphatic rings. The largest absolute Gasteiger partial charge is 0.445 e. The number of rotatable bonds is 4. The van der Waals surface area contributed by atoms with E-state index in [4.69, 9.17) is 4.42 Å². The van der Waals surface area contributed by atoms with Crippen LogP contribution in [0.2, 0.25) is 0 Å². The average Bonchev–Trinajstić information content (AvgIpc) is 3.10. The Kier molecular flexibility index (Phi) is 4.49. The van der Waals surface area contributed by atoms with Gasteiger partial charge in [0.15, 0.2) is 5.89 Å². The Balaban J connectivity index is 1.72. The van der Waals surface area contributed by atoms with Crippen LogP contribution in [-0.2, 0) is 12.8 Å². The number of hydrogen-bond acceptors (Lipinski definition) is 4. The van der Waals surface area contributed by atoms with E-state index in [1.54, 1.807) is 12.3 Å². The monoisotopic (exact) mass is 355 g/mol. The maximum absolute atomic E-state index is 14.1. The Morgan fingerprint density at radius 1 is 1.19 bits per heavy atom. The van der Waals surface area contributed by atoms with E-state index in [2.05, 4.69) is 22.1 Å². The van der Waals surface area contributed by atoms with E-state index in [9.17, 15) is 8.78 Å². The standard InChI is InChI=1S/C20H19F2N3O/c1-2-5-18-23-11-17(26-18)13-7-3-6-12-10-16(24-25-20(12)13)19-14(21)8-4-9-15(19)22/h4,8-11,13H,2-3,5-7H2,1H3. The molecule has 26 heavy (non-hydrogen) atoms. The second kappa shape index (κ2) is 6.94. The lowest BCUT2D eigenvalue weighted by Gasteiger charge is -2.22. The van der Waals surface area contributed by atoms with Crippen LogP contribution in [0.5, 0.6) is 0 Å². The summed E-state index contributed by atoms with van der Waals surface area (Å²) in [7, 11) is 0. The van der Waals surface area contributed by atoms with Crippen LogP contribution >= 0.6 is 0 Å². The molecule has 0 bridgehead atoms. The zero-order chi connectivity index (χ0) is 18.1. The molecule has 0 saturated carbocycles. The van der Waals surface area contributed by atoms with E-state index in [1.165, 1.54) is 18.2 Å². The second-order valence-corrected chi connectivity index (χ2v) is 6.59. The molecule has 0 spiro atoms. The molecular weight excluding hydrogens is 336 g/mol. The number of hydrogen-bond donors (Lipinski definition) is 0. The van der Waals surface area contributed by atoms with Crippen LogP contribution in [0.3, 0.4) is 0 Å². The molecule has 134 valence electrons. The molecule has 4 nitrogen and oxygen atoms in total. The minimum Gasteiger partial charge on any atom is -0.445 e. The first-order valence-electron chi connectivity index (χ1n) is 8.93. The molecule has 1 aliphatic carbocycles. The van der Waals surface area contributed by atoms with Crippen molar-refractivity contribution in [3.05, 3.63) is 65.0 Å². The highest BCUT2D eigenvalue weighted by Gasteiger charge is 2.28. The summed E-state index contributed by atoms with van der Waals surface area (Å²) in [5.41, 5.74) is 1.87. The van der Waals surface area contributed by atoms with Crippen LogP contribution in [-0.4, -0.2) is 15.2 Å². The SMILES string of the molecule is CCCc1ncc(C2CCCc3cc(-c4c(F)cccc4F)nnc32)o1.